The van der Waals surface area contributed by atoms with Crippen LogP contribution in [0.5, 0.6) is 0 Å². The molecule has 6 heteroatoms. The largest absolute Gasteiger partial charge is 0.236 e. The first-order chi connectivity index (χ1) is 6.94. The summed E-state index contributed by atoms with van der Waals surface area (Å²) in [5, 5.41) is 0.325. The Morgan fingerprint density at radius 1 is 1.47 bits per heavy atom. The molecule has 1 aliphatic carbocycles. The van der Waals surface area contributed by atoms with Crippen molar-refractivity contribution in [2.45, 2.75) is 24.5 Å². The average Bonchev–Trinajstić information content (AvgIpc) is 2.80. The minimum Gasteiger partial charge on any atom is -0.236 e. The molecule has 0 bridgehead atoms. The molecule has 1 aromatic heterocycles. The minimum atomic E-state index is -3.10. The normalized spacial score (nSPS) is 16.7. The Balaban J connectivity index is 2.31. The molecule has 0 unspecified atom stereocenters. The number of nitrogens with zero attached hydrogens (tertiary/aromatic N) is 2. The van der Waals surface area contributed by atoms with Crippen LogP contribution in [0.15, 0.2) is 6.07 Å². The van der Waals surface area contributed by atoms with E-state index in [4.69, 9.17) is 11.6 Å². The number of hydrogen-bond acceptors (Lipinski definition) is 4. The molecule has 1 fully saturated rings. The van der Waals surface area contributed by atoms with Crippen molar-refractivity contribution in [2.24, 2.45) is 0 Å². The van der Waals surface area contributed by atoms with E-state index >= 15 is 0 Å². The Hall–Kier alpha value is -0.680. The Kier molecular flexibility index (Phi) is 2.68. The number of halogens is 1. The molecule has 0 radical (unpaired) electrons. The predicted molar refractivity (Wildman–Crippen MR) is 57.6 cm³/mol. The number of aromatic nitrogens is 2. The third kappa shape index (κ3) is 3.14. The summed E-state index contributed by atoms with van der Waals surface area (Å²) in [5.41, 5.74) is 0.869. The van der Waals surface area contributed by atoms with Crippen LogP contribution < -0.4 is 0 Å². The zero-order valence-corrected chi connectivity index (χ0v) is 9.85. The molecule has 0 spiro atoms. The molecular weight excluding hydrogens is 236 g/mol. The highest BCUT2D eigenvalue weighted by Gasteiger charge is 2.26. The first kappa shape index (κ1) is 10.8. The topological polar surface area (TPSA) is 59.9 Å². The predicted octanol–water partition coefficient (Wildman–Crippen LogP) is 1.55. The molecule has 0 atom stereocenters. The van der Waals surface area contributed by atoms with Crippen LogP contribution in [-0.2, 0) is 15.6 Å². The Morgan fingerprint density at radius 2 is 2.13 bits per heavy atom. The Morgan fingerprint density at radius 3 is 2.67 bits per heavy atom. The van der Waals surface area contributed by atoms with E-state index in [2.05, 4.69) is 9.97 Å². The molecular formula is C9H11ClN2O2S. The highest BCUT2D eigenvalue weighted by atomic mass is 35.5. The zero-order chi connectivity index (χ0) is 11.1. The minimum absolute atomic E-state index is 0.146. The molecule has 1 aliphatic rings. The van der Waals surface area contributed by atoms with E-state index in [9.17, 15) is 8.42 Å². The van der Waals surface area contributed by atoms with Gasteiger partial charge in [-0.15, -0.1) is 0 Å². The van der Waals surface area contributed by atoms with E-state index in [0.717, 1.165) is 24.8 Å². The second kappa shape index (κ2) is 3.72. The third-order valence-electron chi connectivity index (χ3n) is 2.15. The van der Waals surface area contributed by atoms with Gasteiger partial charge in [0.15, 0.2) is 9.84 Å². The van der Waals surface area contributed by atoms with Crippen molar-refractivity contribution in [3.63, 3.8) is 0 Å². The van der Waals surface area contributed by atoms with Crippen LogP contribution in [-0.4, -0.2) is 24.6 Å². The highest BCUT2D eigenvalue weighted by Crippen LogP contribution is 2.39. The lowest BCUT2D eigenvalue weighted by Gasteiger charge is -2.02. The molecule has 1 heterocycles. The fourth-order valence-electron chi connectivity index (χ4n) is 1.37. The first-order valence-corrected chi connectivity index (χ1v) is 7.09. The maximum atomic E-state index is 11.1. The van der Waals surface area contributed by atoms with Crippen LogP contribution in [0.25, 0.3) is 0 Å². The highest BCUT2D eigenvalue weighted by molar-refractivity contribution is 7.89. The fraction of sp³-hybridized carbons (Fsp3) is 0.556. The SMILES string of the molecule is CS(=O)(=O)Cc1nc(Cl)cc(C2CC2)n1. The smallest absolute Gasteiger partial charge is 0.154 e. The molecule has 0 N–H and O–H groups in total. The summed E-state index contributed by atoms with van der Waals surface area (Å²) in [4.78, 5) is 8.11. The van der Waals surface area contributed by atoms with Gasteiger partial charge in [-0.3, -0.25) is 0 Å². The molecule has 15 heavy (non-hydrogen) atoms. The van der Waals surface area contributed by atoms with Gasteiger partial charge >= 0.3 is 0 Å². The van der Waals surface area contributed by atoms with Crippen molar-refractivity contribution >= 4 is 21.4 Å². The lowest BCUT2D eigenvalue weighted by Crippen LogP contribution is -2.06. The fourth-order valence-corrected chi connectivity index (χ4v) is 2.18. The maximum absolute atomic E-state index is 11.1. The van der Waals surface area contributed by atoms with Gasteiger partial charge in [-0.1, -0.05) is 11.6 Å². The van der Waals surface area contributed by atoms with Gasteiger partial charge in [-0.25, -0.2) is 18.4 Å². The second-order valence-corrected chi connectivity index (χ2v) is 6.40. The summed E-state index contributed by atoms with van der Waals surface area (Å²) in [7, 11) is -3.10. The average molecular weight is 247 g/mol. The molecule has 1 saturated carbocycles. The maximum Gasteiger partial charge on any atom is 0.154 e. The number of sulfone groups is 1. The van der Waals surface area contributed by atoms with Crippen molar-refractivity contribution in [2.75, 3.05) is 6.26 Å². The van der Waals surface area contributed by atoms with E-state index in [-0.39, 0.29) is 5.75 Å². The summed E-state index contributed by atoms with van der Waals surface area (Å²) in [5.74, 6) is 0.600. The lowest BCUT2D eigenvalue weighted by atomic mass is 10.3. The van der Waals surface area contributed by atoms with Gasteiger partial charge in [-0.2, -0.15) is 0 Å². The summed E-state index contributed by atoms with van der Waals surface area (Å²) >= 11 is 5.80. The second-order valence-electron chi connectivity index (χ2n) is 3.88. The Bertz CT molecular complexity index is 483. The third-order valence-corrected chi connectivity index (χ3v) is 3.12. The Labute approximate surface area is 93.6 Å². The van der Waals surface area contributed by atoms with Crippen molar-refractivity contribution in [1.29, 1.82) is 0 Å². The monoisotopic (exact) mass is 246 g/mol. The van der Waals surface area contributed by atoms with Crippen LogP contribution in [0.2, 0.25) is 5.15 Å². The van der Waals surface area contributed by atoms with Gasteiger partial charge in [0.25, 0.3) is 0 Å². The number of hydrogen-bond donors (Lipinski definition) is 0. The van der Waals surface area contributed by atoms with Gasteiger partial charge in [0.05, 0.1) is 0 Å². The lowest BCUT2D eigenvalue weighted by molar-refractivity contribution is 0.599. The molecule has 0 aromatic carbocycles. The van der Waals surface area contributed by atoms with Gasteiger partial charge < -0.3 is 0 Å². The van der Waals surface area contributed by atoms with Crippen molar-refractivity contribution in [1.82, 2.24) is 9.97 Å². The zero-order valence-electron chi connectivity index (χ0n) is 8.27. The number of rotatable bonds is 3. The van der Waals surface area contributed by atoms with Gasteiger partial charge in [0.2, 0.25) is 0 Å². The van der Waals surface area contributed by atoms with Crippen LogP contribution in [0.4, 0.5) is 0 Å². The summed E-state index contributed by atoms with van der Waals surface area (Å²) in [6.07, 6.45) is 3.37. The molecule has 0 saturated heterocycles. The molecule has 1 aromatic rings. The molecule has 4 nitrogen and oxygen atoms in total. The van der Waals surface area contributed by atoms with E-state index in [0.29, 0.717) is 16.9 Å². The van der Waals surface area contributed by atoms with Crippen LogP contribution in [0, 0.1) is 0 Å². The molecule has 0 aliphatic heterocycles. The van der Waals surface area contributed by atoms with Crippen molar-refractivity contribution in [3.8, 4) is 0 Å². The van der Waals surface area contributed by atoms with Crippen LogP contribution in [0.1, 0.15) is 30.3 Å². The first-order valence-electron chi connectivity index (χ1n) is 4.65. The van der Waals surface area contributed by atoms with E-state index < -0.39 is 9.84 Å². The standard InChI is InChI=1S/C9H11ClN2O2S/c1-15(13,14)5-9-11-7(6-2-3-6)4-8(10)12-9/h4,6H,2-3,5H2,1H3. The van der Waals surface area contributed by atoms with Crippen molar-refractivity contribution in [3.05, 3.63) is 22.7 Å². The van der Waals surface area contributed by atoms with Crippen molar-refractivity contribution < 1.29 is 8.42 Å². The summed E-state index contributed by atoms with van der Waals surface area (Å²) in [6.45, 7) is 0. The van der Waals surface area contributed by atoms with E-state index in [1.165, 1.54) is 0 Å². The van der Waals surface area contributed by atoms with E-state index in [1.807, 2.05) is 0 Å². The van der Waals surface area contributed by atoms with E-state index in [1.54, 1.807) is 6.07 Å². The molecule has 0 amide bonds. The quantitative estimate of drug-likeness (QED) is 0.760. The van der Waals surface area contributed by atoms with Gasteiger partial charge in [-0.05, 0) is 18.9 Å². The van der Waals surface area contributed by atoms with Crippen LogP contribution >= 0.6 is 11.6 Å². The summed E-state index contributed by atoms with van der Waals surface area (Å²) in [6, 6.07) is 1.71. The van der Waals surface area contributed by atoms with Crippen LogP contribution in [0.3, 0.4) is 0 Å². The van der Waals surface area contributed by atoms with Gasteiger partial charge in [0.1, 0.15) is 16.7 Å². The van der Waals surface area contributed by atoms with Gasteiger partial charge in [0, 0.05) is 17.9 Å². The summed E-state index contributed by atoms with van der Waals surface area (Å²) < 4.78 is 22.2. The molecule has 82 valence electrons. The molecule has 2 rings (SSSR count).